The third-order valence-corrected chi connectivity index (χ3v) is 6.90. The van der Waals surface area contributed by atoms with Gasteiger partial charge in [0.25, 0.3) is 0 Å². The van der Waals surface area contributed by atoms with Crippen LogP contribution in [0.2, 0.25) is 0 Å². The fourth-order valence-electron chi connectivity index (χ4n) is 5.21. The predicted molar refractivity (Wildman–Crippen MR) is 122 cm³/mol. The number of aromatic nitrogens is 5. The number of piperidine rings is 1. The van der Waals surface area contributed by atoms with E-state index >= 15 is 0 Å². The van der Waals surface area contributed by atoms with Crippen LogP contribution in [-0.4, -0.2) is 43.9 Å². The number of rotatable bonds is 6. The van der Waals surface area contributed by atoms with Crippen LogP contribution in [-0.2, 0) is 6.18 Å². The molecule has 16 heteroatoms. The van der Waals surface area contributed by atoms with Crippen LogP contribution in [0.4, 0.5) is 32.3 Å². The van der Waals surface area contributed by atoms with Crippen molar-refractivity contribution in [3.8, 4) is 17.5 Å². The van der Waals surface area contributed by atoms with Gasteiger partial charge in [-0.05, 0) is 50.8 Å². The van der Waals surface area contributed by atoms with Gasteiger partial charge in [0.05, 0.1) is 6.04 Å². The highest BCUT2D eigenvalue weighted by molar-refractivity contribution is 5.44. The zero-order chi connectivity index (χ0) is 28.3. The lowest BCUT2D eigenvalue weighted by Gasteiger charge is -2.41. The van der Waals surface area contributed by atoms with Gasteiger partial charge in [0, 0.05) is 25.4 Å². The largest absolute Gasteiger partial charge is 0.573 e. The highest BCUT2D eigenvalue weighted by Gasteiger charge is 2.50. The molecule has 3 heterocycles. The Balaban J connectivity index is 1.50. The molecule has 10 nitrogen and oxygen atoms in total. The number of anilines is 1. The third kappa shape index (κ3) is 5.33. The van der Waals surface area contributed by atoms with Crippen molar-refractivity contribution in [1.29, 1.82) is 0 Å². The molecular formula is C23H25F6N7O3. The maximum atomic E-state index is 13.5. The molecule has 0 amide bonds. The van der Waals surface area contributed by atoms with Crippen LogP contribution >= 0.6 is 0 Å². The molecule has 0 spiro atoms. The minimum atomic E-state index is -5.31. The molecule has 5 rings (SSSR count). The summed E-state index contributed by atoms with van der Waals surface area (Å²) >= 11 is 0. The van der Waals surface area contributed by atoms with Crippen LogP contribution in [0.15, 0.2) is 22.6 Å². The van der Waals surface area contributed by atoms with Gasteiger partial charge in [-0.25, -0.2) is 4.68 Å². The summed E-state index contributed by atoms with van der Waals surface area (Å²) in [4.78, 5) is 6.34. The van der Waals surface area contributed by atoms with Gasteiger partial charge in [0.15, 0.2) is 0 Å². The lowest BCUT2D eigenvalue weighted by atomic mass is 9.86. The molecule has 2 aromatic heterocycles. The molecule has 2 aliphatic rings. The van der Waals surface area contributed by atoms with Crippen molar-refractivity contribution >= 4 is 5.95 Å². The first-order valence-corrected chi connectivity index (χ1v) is 12.1. The van der Waals surface area contributed by atoms with Crippen LogP contribution in [0.3, 0.4) is 0 Å². The van der Waals surface area contributed by atoms with E-state index in [1.165, 1.54) is 4.68 Å². The molecule has 1 aliphatic carbocycles. The second kappa shape index (κ2) is 9.57. The van der Waals surface area contributed by atoms with Crippen molar-refractivity contribution in [2.45, 2.75) is 64.3 Å². The highest BCUT2D eigenvalue weighted by atomic mass is 19.4. The Hall–Kier alpha value is -3.56. The second-order valence-corrected chi connectivity index (χ2v) is 9.87. The number of fused-ring (bicyclic) bond motifs is 2. The summed E-state index contributed by atoms with van der Waals surface area (Å²) in [7, 11) is 0. The number of nitrogens with zero attached hydrogens (tertiary/aromatic N) is 6. The summed E-state index contributed by atoms with van der Waals surface area (Å²) in [6.45, 7) is 5.68. The Morgan fingerprint density at radius 3 is 2.46 bits per heavy atom. The van der Waals surface area contributed by atoms with E-state index < -0.39 is 35.6 Å². The van der Waals surface area contributed by atoms with E-state index in [0.717, 1.165) is 18.9 Å². The van der Waals surface area contributed by atoms with E-state index in [9.17, 15) is 26.3 Å². The zero-order valence-electron chi connectivity index (χ0n) is 21.0. The van der Waals surface area contributed by atoms with Crippen molar-refractivity contribution in [3.05, 3.63) is 35.5 Å². The van der Waals surface area contributed by atoms with Crippen molar-refractivity contribution in [2.24, 2.45) is 17.6 Å². The normalized spacial score (nSPS) is 23.5. The molecular weight excluding hydrogens is 536 g/mol. The summed E-state index contributed by atoms with van der Waals surface area (Å²) in [6.07, 6.45) is -8.74. The van der Waals surface area contributed by atoms with E-state index in [0.29, 0.717) is 30.5 Å². The van der Waals surface area contributed by atoms with E-state index in [-0.39, 0.29) is 35.9 Å². The molecule has 1 aromatic carbocycles. The molecule has 2 bridgehead atoms. The molecule has 4 unspecified atom stereocenters. The molecule has 212 valence electrons. The molecule has 3 aromatic rings. The Morgan fingerprint density at radius 2 is 1.85 bits per heavy atom. The third-order valence-electron chi connectivity index (χ3n) is 6.90. The number of hydrogen-bond acceptors (Lipinski definition) is 9. The highest BCUT2D eigenvalue weighted by Crippen LogP contribution is 2.48. The van der Waals surface area contributed by atoms with E-state index in [1.807, 2.05) is 4.90 Å². The maximum absolute atomic E-state index is 13.5. The lowest BCUT2D eigenvalue weighted by molar-refractivity contribution is -0.276. The van der Waals surface area contributed by atoms with Crippen molar-refractivity contribution in [1.82, 2.24) is 25.0 Å². The lowest BCUT2D eigenvalue weighted by Crippen LogP contribution is -2.51. The van der Waals surface area contributed by atoms with Gasteiger partial charge in [-0.3, -0.25) is 0 Å². The fraction of sp³-hybridized carbons (Fsp3) is 0.565. The first kappa shape index (κ1) is 27.0. The molecule has 39 heavy (non-hydrogen) atoms. The molecule has 1 aliphatic heterocycles. The minimum absolute atomic E-state index is 0.0190. The van der Waals surface area contributed by atoms with Gasteiger partial charge in [0.2, 0.25) is 17.7 Å². The van der Waals surface area contributed by atoms with E-state index in [4.69, 9.17) is 14.9 Å². The molecule has 2 N–H and O–H groups in total. The topological polar surface area (TPSA) is 117 Å². The van der Waals surface area contributed by atoms with Crippen LogP contribution in [0.1, 0.15) is 56.1 Å². The first-order chi connectivity index (χ1) is 18.2. The number of hydrogen-bond donors (Lipinski definition) is 1. The molecule has 1 saturated carbocycles. The van der Waals surface area contributed by atoms with Gasteiger partial charge in [0.1, 0.15) is 23.1 Å². The quantitative estimate of drug-likeness (QED) is 0.407. The van der Waals surface area contributed by atoms with Gasteiger partial charge >= 0.3 is 18.5 Å². The number of halogens is 6. The van der Waals surface area contributed by atoms with E-state index in [1.54, 1.807) is 20.8 Å². The Morgan fingerprint density at radius 1 is 1.10 bits per heavy atom. The second-order valence-electron chi connectivity index (χ2n) is 9.87. The van der Waals surface area contributed by atoms with E-state index in [2.05, 4.69) is 25.0 Å². The number of nitrogens with two attached hydrogens (primary N) is 1. The Bertz CT molecular complexity index is 1340. The summed E-state index contributed by atoms with van der Waals surface area (Å²) in [5, 5.41) is 12.7. The SMILES string of the molecule is Cc1nnc(C2C3CCC(CN2c2nc(Oc4ccc(OC(F)(F)F)c(C(F)(F)F)c4)n(C(C)C)n2)C3N)o1. The standard InChI is InChI=1S/C23H25F6N7O3/c1-10(2)36-21(38-13-5-7-16(39-23(27,28)29)15(8-13)22(24,25)26)31-20(34-36)35-9-12-4-6-14(17(12)30)18(35)19-33-32-11(3)37-19/h5,7-8,10,12,14,17-18H,4,6,9,30H2,1-3H3. The molecule has 1 saturated heterocycles. The molecule has 2 fully saturated rings. The smallest absolute Gasteiger partial charge is 0.424 e. The predicted octanol–water partition coefficient (Wildman–Crippen LogP) is 5.17. The van der Waals surface area contributed by atoms with Crippen LogP contribution in [0.25, 0.3) is 0 Å². The number of ether oxygens (including phenoxy) is 2. The van der Waals surface area contributed by atoms with Crippen LogP contribution in [0.5, 0.6) is 17.5 Å². The summed E-state index contributed by atoms with van der Waals surface area (Å²) < 4.78 is 94.9. The van der Waals surface area contributed by atoms with Gasteiger partial charge in [-0.1, -0.05) is 0 Å². The van der Waals surface area contributed by atoms with Gasteiger partial charge in [-0.2, -0.15) is 18.2 Å². The Labute approximate surface area is 218 Å². The van der Waals surface area contributed by atoms with Crippen molar-refractivity contribution < 1.29 is 40.2 Å². The summed E-state index contributed by atoms with van der Waals surface area (Å²) in [5.74, 6) is -0.714. The molecule has 4 atom stereocenters. The van der Waals surface area contributed by atoms with Crippen LogP contribution in [0, 0.1) is 18.8 Å². The fourth-order valence-corrected chi connectivity index (χ4v) is 5.21. The van der Waals surface area contributed by atoms with Gasteiger partial charge in [-0.15, -0.1) is 28.5 Å². The molecule has 0 radical (unpaired) electrons. The number of alkyl halides is 6. The van der Waals surface area contributed by atoms with Crippen molar-refractivity contribution in [3.63, 3.8) is 0 Å². The first-order valence-electron chi connectivity index (χ1n) is 12.1. The van der Waals surface area contributed by atoms with Crippen molar-refractivity contribution in [2.75, 3.05) is 11.4 Å². The van der Waals surface area contributed by atoms with Gasteiger partial charge < -0.3 is 24.5 Å². The zero-order valence-corrected chi connectivity index (χ0v) is 21.0. The summed E-state index contributed by atoms with van der Waals surface area (Å²) in [5.41, 5.74) is 4.83. The average molecular weight is 561 g/mol. The number of aryl methyl sites for hydroxylation is 1. The Kier molecular flexibility index (Phi) is 6.63. The monoisotopic (exact) mass is 561 g/mol. The number of benzene rings is 1. The average Bonchev–Trinajstić information content (AvgIpc) is 3.49. The summed E-state index contributed by atoms with van der Waals surface area (Å²) in [6, 6.07) is 0.889. The minimum Gasteiger partial charge on any atom is -0.424 e. The maximum Gasteiger partial charge on any atom is 0.573 e. The van der Waals surface area contributed by atoms with Crippen LogP contribution < -0.4 is 20.1 Å².